The van der Waals surface area contributed by atoms with Gasteiger partial charge in [-0.1, -0.05) is 15.9 Å². The van der Waals surface area contributed by atoms with Crippen molar-refractivity contribution in [1.82, 2.24) is 4.72 Å². The van der Waals surface area contributed by atoms with Gasteiger partial charge in [-0.25, -0.2) is 17.5 Å². The maximum Gasteiger partial charge on any atom is 0.243 e. The van der Waals surface area contributed by atoms with Crippen molar-refractivity contribution in [3.63, 3.8) is 0 Å². The molecule has 1 unspecified atom stereocenters. The van der Waals surface area contributed by atoms with Crippen molar-refractivity contribution in [2.75, 3.05) is 13.2 Å². The molecular weight excluding hydrogens is 325 g/mol. The van der Waals surface area contributed by atoms with Crippen LogP contribution >= 0.6 is 15.9 Å². The van der Waals surface area contributed by atoms with Gasteiger partial charge in [-0.15, -0.1) is 0 Å². The van der Waals surface area contributed by atoms with Crippen LogP contribution in [0.2, 0.25) is 0 Å². The minimum Gasteiger partial charge on any atom is -0.377 e. The fourth-order valence-corrected chi connectivity index (χ4v) is 3.24. The number of hydrogen-bond donors (Lipinski definition) is 1. The van der Waals surface area contributed by atoms with E-state index in [2.05, 4.69) is 20.7 Å². The molecule has 4 nitrogen and oxygen atoms in total. The van der Waals surface area contributed by atoms with Crippen LogP contribution in [0.25, 0.3) is 0 Å². The average molecular weight is 338 g/mol. The maximum absolute atomic E-state index is 13.6. The molecule has 2 rings (SSSR count). The lowest BCUT2D eigenvalue weighted by Crippen LogP contribution is -2.32. The van der Waals surface area contributed by atoms with Crippen LogP contribution in [0, 0.1) is 5.82 Å². The van der Waals surface area contributed by atoms with Gasteiger partial charge in [0.1, 0.15) is 10.7 Å². The highest BCUT2D eigenvalue weighted by molar-refractivity contribution is 9.10. The van der Waals surface area contributed by atoms with Crippen LogP contribution < -0.4 is 4.72 Å². The summed E-state index contributed by atoms with van der Waals surface area (Å²) in [6.07, 6.45) is 1.64. The number of benzene rings is 1. The first-order chi connectivity index (χ1) is 8.49. The van der Waals surface area contributed by atoms with Crippen LogP contribution in [0.15, 0.2) is 27.6 Å². The van der Waals surface area contributed by atoms with Crippen molar-refractivity contribution in [1.29, 1.82) is 0 Å². The van der Waals surface area contributed by atoms with E-state index in [1.165, 1.54) is 12.1 Å². The zero-order valence-corrected chi connectivity index (χ0v) is 11.9. The molecule has 0 bridgehead atoms. The molecular formula is C11H13BrFNO3S. The summed E-state index contributed by atoms with van der Waals surface area (Å²) in [5.74, 6) is -0.774. The highest BCUT2D eigenvalue weighted by atomic mass is 79.9. The van der Waals surface area contributed by atoms with Gasteiger partial charge >= 0.3 is 0 Å². The van der Waals surface area contributed by atoms with Crippen molar-refractivity contribution >= 4 is 26.0 Å². The Labute approximate surface area is 114 Å². The molecule has 0 radical (unpaired) electrons. The fraction of sp³-hybridized carbons (Fsp3) is 0.455. The first kappa shape index (κ1) is 13.9. The van der Waals surface area contributed by atoms with E-state index in [0.717, 1.165) is 18.9 Å². The standard InChI is InChI=1S/C11H13BrFNO3S/c12-8-3-4-11(10(13)6-8)18(15,16)14-7-9-2-1-5-17-9/h3-4,6,9,14H,1-2,5,7H2. The number of rotatable bonds is 4. The number of ether oxygens (including phenoxy) is 1. The lowest BCUT2D eigenvalue weighted by Gasteiger charge is -2.11. The predicted octanol–water partition coefficient (Wildman–Crippen LogP) is 2.05. The fourth-order valence-electron chi connectivity index (χ4n) is 1.78. The Hall–Kier alpha value is -0.500. The van der Waals surface area contributed by atoms with E-state index in [9.17, 15) is 12.8 Å². The van der Waals surface area contributed by atoms with Crippen LogP contribution in [0.4, 0.5) is 4.39 Å². The highest BCUT2D eigenvalue weighted by Crippen LogP contribution is 2.19. The second-order valence-corrected chi connectivity index (χ2v) is 6.71. The topological polar surface area (TPSA) is 55.4 Å². The Kier molecular flexibility index (Phi) is 4.37. The summed E-state index contributed by atoms with van der Waals surface area (Å²) in [7, 11) is -3.82. The van der Waals surface area contributed by atoms with Gasteiger partial charge in [0.25, 0.3) is 0 Å². The molecule has 1 heterocycles. The van der Waals surface area contributed by atoms with Gasteiger partial charge in [-0.2, -0.15) is 0 Å². The molecule has 1 saturated heterocycles. The summed E-state index contributed by atoms with van der Waals surface area (Å²) in [5.41, 5.74) is 0. The Morgan fingerprint density at radius 1 is 1.50 bits per heavy atom. The second kappa shape index (κ2) is 5.64. The molecule has 0 amide bonds. The van der Waals surface area contributed by atoms with Gasteiger partial charge in [0.15, 0.2) is 0 Å². The molecule has 1 atom stereocenters. The van der Waals surface area contributed by atoms with Crippen LogP contribution in [0.5, 0.6) is 0 Å². The molecule has 1 N–H and O–H groups in total. The molecule has 100 valence electrons. The molecule has 18 heavy (non-hydrogen) atoms. The summed E-state index contributed by atoms with van der Waals surface area (Å²) < 4.78 is 45.5. The molecule has 0 aromatic heterocycles. The molecule has 1 aliphatic heterocycles. The normalized spacial score (nSPS) is 20.2. The quantitative estimate of drug-likeness (QED) is 0.914. The number of hydrogen-bond acceptors (Lipinski definition) is 3. The lowest BCUT2D eigenvalue weighted by atomic mass is 10.2. The molecule has 1 fully saturated rings. The highest BCUT2D eigenvalue weighted by Gasteiger charge is 2.22. The molecule has 1 aromatic rings. The minimum atomic E-state index is -3.82. The van der Waals surface area contributed by atoms with Gasteiger partial charge in [-0.05, 0) is 31.0 Å². The Balaban J connectivity index is 2.09. The summed E-state index contributed by atoms with van der Waals surface area (Å²) in [4.78, 5) is -0.344. The van der Waals surface area contributed by atoms with Gasteiger partial charge < -0.3 is 4.74 Å². The first-order valence-corrected chi connectivity index (χ1v) is 7.83. The summed E-state index contributed by atoms with van der Waals surface area (Å²) in [6, 6.07) is 3.85. The first-order valence-electron chi connectivity index (χ1n) is 5.55. The number of sulfonamides is 1. The zero-order chi connectivity index (χ0) is 13.2. The van der Waals surface area contributed by atoms with E-state index in [1.54, 1.807) is 0 Å². The largest absolute Gasteiger partial charge is 0.377 e. The van der Waals surface area contributed by atoms with Crippen molar-refractivity contribution < 1.29 is 17.5 Å². The maximum atomic E-state index is 13.6. The summed E-state index contributed by atoms with van der Waals surface area (Å²) in [6.45, 7) is 0.830. The monoisotopic (exact) mass is 337 g/mol. The van der Waals surface area contributed by atoms with Gasteiger partial charge in [0.2, 0.25) is 10.0 Å². The minimum absolute atomic E-state index is 0.113. The molecule has 7 heteroatoms. The Bertz CT molecular complexity index is 529. The average Bonchev–Trinajstić information content (AvgIpc) is 2.78. The molecule has 1 aliphatic rings. The van der Waals surface area contributed by atoms with E-state index < -0.39 is 15.8 Å². The van der Waals surface area contributed by atoms with Crippen LogP contribution in [-0.2, 0) is 14.8 Å². The number of halogens is 2. The van der Waals surface area contributed by atoms with Gasteiger partial charge in [0.05, 0.1) is 6.10 Å². The Morgan fingerprint density at radius 2 is 2.28 bits per heavy atom. The SMILES string of the molecule is O=S(=O)(NCC1CCCO1)c1ccc(Br)cc1F. The van der Waals surface area contributed by atoms with Crippen LogP contribution in [-0.4, -0.2) is 27.7 Å². The van der Waals surface area contributed by atoms with Gasteiger partial charge in [-0.3, -0.25) is 0 Å². The van der Waals surface area contributed by atoms with Gasteiger partial charge in [0, 0.05) is 17.6 Å². The third kappa shape index (κ3) is 3.28. The van der Waals surface area contributed by atoms with E-state index in [1.807, 2.05) is 0 Å². The van der Waals surface area contributed by atoms with Crippen molar-refractivity contribution in [2.45, 2.75) is 23.8 Å². The summed E-state index contributed by atoms with van der Waals surface area (Å²) in [5, 5.41) is 0. The molecule has 1 aromatic carbocycles. The van der Waals surface area contributed by atoms with Crippen molar-refractivity contribution in [3.8, 4) is 0 Å². The van der Waals surface area contributed by atoms with E-state index >= 15 is 0 Å². The molecule has 0 aliphatic carbocycles. The van der Waals surface area contributed by atoms with E-state index in [-0.39, 0.29) is 17.5 Å². The van der Waals surface area contributed by atoms with E-state index in [4.69, 9.17) is 4.74 Å². The predicted molar refractivity (Wildman–Crippen MR) is 68.3 cm³/mol. The van der Waals surface area contributed by atoms with E-state index in [0.29, 0.717) is 11.1 Å². The smallest absolute Gasteiger partial charge is 0.243 e. The lowest BCUT2D eigenvalue weighted by molar-refractivity contribution is 0.114. The van der Waals surface area contributed by atoms with Crippen LogP contribution in [0.3, 0.4) is 0 Å². The van der Waals surface area contributed by atoms with Crippen LogP contribution in [0.1, 0.15) is 12.8 Å². The molecule has 0 spiro atoms. The second-order valence-electron chi connectivity index (χ2n) is 4.06. The third-order valence-corrected chi connectivity index (χ3v) is 4.66. The van der Waals surface area contributed by atoms with Crippen molar-refractivity contribution in [2.24, 2.45) is 0 Å². The zero-order valence-electron chi connectivity index (χ0n) is 9.53. The third-order valence-electron chi connectivity index (χ3n) is 2.71. The van der Waals surface area contributed by atoms with Crippen molar-refractivity contribution in [3.05, 3.63) is 28.5 Å². The Morgan fingerprint density at radius 3 is 2.89 bits per heavy atom. The number of nitrogens with one attached hydrogen (secondary N) is 1. The summed E-state index contributed by atoms with van der Waals surface area (Å²) >= 11 is 3.08. The molecule has 0 saturated carbocycles.